The Labute approximate surface area is 135 Å². The minimum Gasteiger partial charge on any atom is -0.340 e. The smallest absolute Gasteiger partial charge is 0.223 e. The molecule has 22 heavy (non-hydrogen) atoms. The Hall–Kier alpha value is -0.650. The predicted molar refractivity (Wildman–Crippen MR) is 89.0 cm³/mol. The van der Waals surface area contributed by atoms with E-state index in [4.69, 9.17) is 0 Å². The molecule has 0 aromatic heterocycles. The summed E-state index contributed by atoms with van der Waals surface area (Å²) in [7, 11) is 2.25. The molecule has 1 saturated carbocycles. The lowest BCUT2D eigenvalue weighted by molar-refractivity contribution is -0.133. The molecular weight excluding hydrogens is 276 g/mol. The summed E-state index contributed by atoms with van der Waals surface area (Å²) < 4.78 is 0. The number of likely N-dealkylation sites (N-methyl/N-ethyl adjacent to an activating group) is 1. The van der Waals surface area contributed by atoms with Crippen molar-refractivity contribution in [1.82, 2.24) is 20.0 Å². The van der Waals surface area contributed by atoms with Crippen LogP contribution in [0.1, 0.15) is 38.5 Å². The summed E-state index contributed by atoms with van der Waals surface area (Å²) >= 11 is 0. The van der Waals surface area contributed by atoms with E-state index in [-0.39, 0.29) is 0 Å². The van der Waals surface area contributed by atoms with Gasteiger partial charge in [0.25, 0.3) is 0 Å². The molecule has 1 amide bonds. The summed E-state index contributed by atoms with van der Waals surface area (Å²) in [5.41, 5.74) is 0.356. The first-order chi connectivity index (χ1) is 10.7. The Kier molecular flexibility index (Phi) is 5.37. The van der Waals surface area contributed by atoms with E-state index in [2.05, 4.69) is 22.2 Å². The number of nitrogens with zero attached hydrogens (tertiary/aromatic N) is 3. The van der Waals surface area contributed by atoms with Crippen LogP contribution in [-0.4, -0.2) is 85.6 Å². The van der Waals surface area contributed by atoms with E-state index in [0.29, 0.717) is 17.9 Å². The van der Waals surface area contributed by atoms with Crippen LogP contribution in [0.5, 0.6) is 0 Å². The third kappa shape index (κ3) is 3.63. The summed E-state index contributed by atoms with van der Waals surface area (Å²) in [5.74, 6) is 0.353. The Bertz CT molecular complexity index is 375. The average Bonchev–Trinajstić information content (AvgIpc) is 2.55. The van der Waals surface area contributed by atoms with Crippen molar-refractivity contribution in [2.24, 2.45) is 0 Å². The third-order valence-electron chi connectivity index (χ3n) is 5.84. The largest absolute Gasteiger partial charge is 0.340 e. The van der Waals surface area contributed by atoms with Crippen LogP contribution in [0.2, 0.25) is 0 Å². The molecule has 0 bridgehead atoms. The summed E-state index contributed by atoms with van der Waals surface area (Å²) in [6.45, 7) is 8.08. The molecule has 2 saturated heterocycles. The first-order valence-electron chi connectivity index (χ1n) is 9.12. The molecule has 3 fully saturated rings. The second-order valence-corrected chi connectivity index (χ2v) is 7.39. The lowest BCUT2D eigenvalue weighted by Crippen LogP contribution is -2.62. The lowest BCUT2D eigenvalue weighted by atomic mass is 9.78. The standard InChI is InChI=1S/C17H32N4O/c1-19-13-14-21(17(15-19)6-3-2-4-7-17)10-5-16(22)20-11-8-18-9-12-20/h18H,2-15H2,1H3. The molecule has 3 rings (SSSR count). The quantitative estimate of drug-likeness (QED) is 0.835. The molecule has 0 radical (unpaired) electrons. The summed E-state index contributed by atoms with van der Waals surface area (Å²) in [6, 6.07) is 0. The number of hydrogen-bond acceptors (Lipinski definition) is 4. The van der Waals surface area contributed by atoms with Crippen LogP contribution in [0.3, 0.4) is 0 Å². The van der Waals surface area contributed by atoms with Crippen molar-refractivity contribution in [1.29, 1.82) is 0 Å². The van der Waals surface area contributed by atoms with Gasteiger partial charge < -0.3 is 15.1 Å². The van der Waals surface area contributed by atoms with Crippen molar-refractivity contribution in [3.63, 3.8) is 0 Å². The van der Waals surface area contributed by atoms with E-state index in [9.17, 15) is 4.79 Å². The van der Waals surface area contributed by atoms with Gasteiger partial charge in [0.2, 0.25) is 5.91 Å². The van der Waals surface area contributed by atoms with Crippen molar-refractivity contribution < 1.29 is 4.79 Å². The van der Waals surface area contributed by atoms with E-state index in [1.54, 1.807) is 0 Å². The molecule has 0 aromatic carbocycles. The highest BCUT2D eigenvalue weighted by Crippen LogP contribution is 2.36. The molecule has 1 aliphatic carbocycles. The fraction of sp³-hybridized carbons (Fsp3) is 0.941. The second kappa shape index (κ2) is 7.28. The van der Waals surface area contributed by atoms with Crippen LogP contribution in [0.25, 0.3) is 0 Å². The van der Waals surface area contributed by atoms with Crippen LogP contribution < -0.4 is 5.32 Å². The predicted octanol–water partition coefficient (Wildman–Crippen LogP) is 0.759. The number of carbonyl (C=O) groups excluding carboxylic acids is 1. The molecule has 2 aliphatic heterocycles. The van der Waals surface area contributed by atoms with E-state index in [1.165, 1.54) is 38.6 Å². The van der Waals surface area contributed by atoms with Crippen molar-refractivity contribution in [3.05, 3.63) is 0 Å². The Morgan fingerprint density at radius 1 is 1.05 bits per heavy atom. The van der Waals surface area contributed by atoms with E-state index < -0.39 is 0 Å². The summed E-state index contributed by atoms with van der Waals surface area (Å²) in [5, 5.41) is 3.32. The highest BCUT2D eigenvalue weighted by molar-refractivity contribution is 5.76. The highest BCUT2D eigenvalue weighted by Gasteiger charge is 2.41. The van der Waals surface area contributed by atoms with Crippen LogP contribution in [0, 0.1) is 0 Å². The summed E-state index contributed by atoms with van der Waals surface area (Å²) in [6.07, 6.45) is 7.44. The SMILES string of the molecule is CN1CCN(CCC(=O)N2CCNCC2)C2(CCCCC2)C1. The molecule has 0 unspecified atom stereocenters. The molecule has 2 heterocycles. The van der Waals surface area contributed by atoms with Crippen LogP contribution >= 0.6 is 0 Å². The highest BCUT2D eigenvalue weighted by atomic mass is 16.2. The van der Waals surface area contributed by atoms with Gasteiger partial charge in [-0.3, -0.25) is 9.69 Å². The number of amides is 1. The van der Waals surface area contributed by atoms with Crippen molar-refractivity contribution in [2.45, 2.75) is 44.1 Å². The number of piperazine rings is 2. The molecule has 5 nitrogen and oxygen atoms in total. The number of rotatable bonds is 3. The van der Waals surface area contributed by atoms with Gasteiger partial charge in [0, 0.05) is 64.3 Å². The number of nitrogens with one attached hydrogen (secondary N) is 1. The first kappa shape index (κ1) is 16.2. The molecule has 0 aromatic rings. The van der Waals surface area contributed by atoms with Gasteiger partial charge in [-0.05, 0) is 19.9 Å². The van der Waals surface area contributed by atoms with Crippen LogP contribution in [0.4, 0.5) is 0 Å². The first-order valence-corrected chi connectivity index (χ1v) is 9.12. The number of carbonyl (C=O) groups is 1. The Morgan fingerprint density at radius 3 is 2.50 bits per heavy atom. The Balaban J connectivity index is 1.56. The zero-order valence-corrected chi connectivity index (χ0v) is 14.1. The van der Waals surface area contributed by atoms with E-state index in [1.807, 2.05) is 4.90 Å². The van der Waals surface area contributed by atoms with Gasteiger partial charge in [-0.25, -0.2) is 0 Å². The molecule has 126 valence electrons. The topological polar surface area (TPSA) is 38.8 Å². The Morgan fingerprint density at radius 2 is 1.77 bits per heavy atom. The monoisotopic (exact) mass is 308 g/mol. The van der Waals surface area contributed by atoms with E-state index in [0.717, 1.165) is 45.8 Å². The minimum absolute atomic E-state index is 0.353. The van der Waals surface area contributed by atoms with Gasteiger partial charge in [0.05, 0.1) is 0 Å². The molecule has 5 heteroatoms. The van der Waals surface area contributed by atoms with Crippen LogP contribution in [-0.2, 0) is 4.79 Å². The number of hydrogen-bond donors (Lipinski definition) is 1. The fourth-order valence-corrected chi connectivity index (χ4v) is 4.55. The van der Waals surface area contributed by atoms with E-state index >= 15 is 0 Å². The zero-order valence-electron chi connectivity index (χ0n) is 14.1. The van der Waals surface area contributed by atoms with Crippen molar-refractivity contribution in [2.75, 3.05) is 59.4 Å². The average molecular weight is 308 g/mol. The normalized spacial score (nSPS) is 27.2. The molecule has 0 atom stereocenters. The van der Waals surface area contributed by atoms with Gasteiger partial charge in [-0.2, -0.15) is 0 Å². The van der Waals surface area contributed by atoms with Gasteiger partial charge in [0.1, 0.15) is 0 Å². The maximum Gasteiger partial charge on any atom is 0.223 e. The lowest BCUT2D eigenvalue weighted by Gasteiger charge is -2.52. The van der Waals surface area contributed by atoms with Crippen molar-refractivity contribution >= 4 is 5.91 Å². The molecular formula is C17H32N4O. The second-order valence-electron chi connectivity index (χ2n) is 7.39. The van der Waals surface area contributed by atoms with Crippen molar-refractivity contribution in [3.8, 4) is 0 Å². The van der Waals surface area contributed by atoms with Gasteiger partial charge in [-0.15, -0.1) is 0 Å². The zero-order chi connectivity index (χ0) is 15.4. The maximum atomic E-state index is 12.4. The molecule has 1 spiro atoms. The maximum absolute atomic E-state index is 12.4. The van der Waals surface area contributed by atoms with Crippen LogP contribution in [0.15, 0.2) is 0 Å². The minimum atomic E-state index is 0.353. The molecule has 3 aliphatic rings. The van der Waals surface area contributed by atoms with Gasteiger partial charge in [0.15, 0.2) is 0 Å². The van der Waals surface area contributed by atoms with Gasteiger partial charge >= 0.3 is 0 Å². The third-order valence-corrected chi connectivity index (χ3v) is 5.84. The van der Waals surface area contributed by atoms with Gasteiger partial charge in [-0.1, -0.05) is 19.3 Å². The fourth-order valence-electron chi connectivity index (χ4n) is 4.55. The summed E-state index contributed by atoms with van der Waals surface area (Å²) in [4.78, 5) is 19.6. The molecule has 1 N–H and O–H groups in total.